The molecule has 4 heteroatoms. The van der Waals surface area contributed by atoms with Gasteiger partial charge < -0.3 is 4.74 Å². The molecule has 0 bridgehead atoms. The molecule has 102 valence electrons. The van der Waals surface area contributed by atoms with Crippen LogP contribution in [-0.2, 0) is 0 Å². The summed E-state index contributed by atoms with van der Waals surface area (Å²) in [5.74, 6) is -0.203. The lowest BCUT2D eigenvalue weighted by molar-refractivity contribution is 0.103. The first-order chi connectivity index (χ1) is 9.63. The monoisotopic (exact) mass is 334 g/mol. The van der Waals surface area contributed by atoms with Crippen LogP contribution in [0, 0.1) is 5.82 Å². The van der Waals surface area contributed by atoms with Gasteiger partial charge in [0.1, 0.15) is 11.6 Å². The lowest BCUT2D eigenvalue weighted by Crippen LogP contribution is -2.05. The number of ketones is 1. The zero-order chi connectivity index (χ0) is 14.1. The van der Waals surface area contributed by atoms with E-state index >= 15 is 0 Å². The third kappa shape index (κ3) is 2.90. The van der Waals surface area contributed by atoms with E-state index in [0.29, 0.717) is 15.8 Å². The topological polar surface area (TPSA) is 26.3 Å². The van der Waals surface area contributed by atoms with Crippen LogP contribution in [0.3, 0.4) is 0 Å². The van der Waals surface area contributed by atoms with Crippen LogP contribution in [-0.4, -0.2) is 11.9 Å². The second-order valence-corrected chi connectivity index (χ2v) is 5.71. The van der Waals surface area contributed by atoms with Crippen molar-refractivity contribution in [3.05, 3.63) is 63.9 Å². The van der Waals surface area contributed by atoms with Crippen LogP contribution in [0.5, 0.6) is 5.75 Å². The molecule has 1 fully saturated rings. The maximum atomic E-state index is 13.8. The number of hydrogen-bond acceptors (Lipinski definition) is 2. The fraction of sp³-hybridized carbons (Fsp3) is 0.188. The van der Waals surface area contributed by atoms with Crippen LogP contribution < -0.4 is 4.74 Å². The summed E-state index contributed by atoms with van der Waals surface area (Å²) in [4.78, 5) is 12.4. The zero-order valence-corrected chi connectivity index (χ0v) is 12.2. The van der Waals surface area contributed by atoms with Gasteiger partial charge >= 0.3 is 0 Å². The van der Waals surface area contributed by atoms with Crippen molar-refractivity contribution in [1.82, 2.24) is 0 Å². The van der Waals surface area contributed by atoms with Gasteiger partial charge in [-0.2, -0.15) is 0 Å². The summed E-state index contributed by atoms with van der Waals surface area (Å²) in [5, 5.41) is 0. The quantitative estimate of drug-likeness (QED) is 0.776. The van der Waals surface area contributed by atoms with Crippen molar-refractivity contribution in [1.29, 1.82) is 0 Å². The molecule has 0 radical (unpaired) electrons. The molecule has 2 aromatic rings. The molecule has 2 nitrogen and oxygen atoms in total. The van der Waals surface area contributed by atoms with Gasteiger partial charge in [0.2, 0.25) is 0 Å². The standard InChI is InChI=1S/C16H12BrFO2/c17-11-4-7-15(18)14(9-11)16(19)10-2-1-3-13(8-10)20-12-5-6-12/h1-4,7-9,12H,5-6H2. The number of hydrogen-bond donors (Lipinski definition) is 0. The van der Waals surface area contributed by atoms with Crippen molar-refractivity contribution >= 4 is 21.7 Å². The maximum Gasteiger partial charge on any atom is 0.196 e. The highest BCUT2D eigenvalue weighted by atomic mass is 79.9. The summed E-state index contributed by atoms with van der Waals surface area (Å²) in [6.07, 6.45) is 2.37. The minimum atomic E-state index is -0.522. The molecular formula is C16H12BrFO2. The second kappa shape index (κ2) is 5.37. The summed E-state index contributed by atoms with van der Waals surface area (Å²) in [7, 11) is 0. The molecule has 0 aliphatic heterocycles. The van der Waals surface area contributed by atoms with Crippen LogP contribution in [0.4, 0.5) is 4.39 Å². The first-order valence-corrected chi connectivity index (χ1v) is 7.19. The molecule has 1 aliphatic rings. The van der Waals surface area contributed by atoms with Crippen LogP contribution >= 0.6 is 15.9 Å². The third-order valence-corrected chi connectivity index (χ3v) is 3.59. The van der Waals surface area contributed by atoms with E-state index in [0.717, 1.165) is 12.8 Å². The molecule has 0 spiro atoms. The van der Waals surface area contributed by atoms with Crippen LogP contribution in [0.2, 0.25) is 0 Å². The number of carbonyl (C=O) groups is 1. The van der Waals surface area contributed by atoms with Crippen LogP contribution in [0.25, 0.3) is 0 Å². The van der Waals surface area contributed by atoms with Crippen molar-refractivity contribution in [3.8, 4) is 5.75 Å². The summed E-state index contributed by atoms with van der Waals surface area (Å²) >= 11 is 3.25. The molecular weight excluding hydrogens is 323 g/mol. The first kappa shape index (κ1) is 13.3. The lowest BCUT2D eigenvalue weighted by Gasteiger charge is -2.07. The lowest BCUT2D eigenvalue weighted by atomic mass is 10.0. The van der Waals surface area contributed by atoms with Crippen molar-refractivity contribution < 1.29 is 13.9 Å². The fourth-order valence-corrected chi connectivity index (χ4v) is 2.28. The molecule has 0 atom stereocenters. The number of halogens is 2. The van der Waals surface area contributed by atoms with Gasteiger partial charge in [0.05, 0.1) is 11.7 Å². The fourth-order valence-electron chi connectivity index (χ4n) is 1.92. The van der Waals surface area contributed by atoms with E-state index in [4.69, 9.17) is 4.74 Å². The number of ether oxygens (including phenoxy) is 1. The highest BCUT2D eigenvalue weighted by Crippen LogP contribution is 2.28. The molecule has 1 saturated carbocycles. The molecule has 2 aromatic carbocycles. The van der Waals surface area contributed by atoms with Gasteiger partial charge in [0.25, 0.3) is 0 Å². The van der Waals surface area contributed by atoms with Gasteiger partial charge in [-0.1, -0.05) is 28.1 Å². The minimum Gasteiger partial charge on any atom is -0.490 e. The van der Waals surface area contributed by atoms with E-state index in [-0.39, 0.29) is 17.5 Å². The maximum absolute atomic E-state index is 13.8. The van der Waals surface area contributed by atoms with Crippen molar-refractivity contribution in [2.45, 2.75) is 18.9 Å². The summed E-state index contributed by atoms with van der Waals surface area (Å²) in [5.41, 5.74) is 0.489. The van der Waals surface area contributed by atoms with E-state index < -0.39 is 5.82 Å². The third-order valence-electron chi connectivity index (χ3n) is 3.10. The Hall–Kier alpha value is -1.68. The molecule has 20 heavy (non-hydrogen) atoms. The van der Waals surface area contributed by atoms with Crippen molar-refractivity contribution in [3.63, 3.8) is 0 Å². The van der Waals surface area contributed by atoms with E-state index in [9.17, 15) is 9.18 Å². The number of benzene rings is 2. The van der Waals surface area contributed by atoms with Crippen molar-refractivity contribution in [2.24, 2.45) is 0 Å². The second-order valence-electron chi connectivity index (χ2n) is 4.80. The van der Waals surface area contributed by atoms with Gasteiger partial charge in [0, 0.05) is 10.0 Å². The van der Waals surface area contributed by atoms with Gasteiger partial charge in [-0.15, -0.1) is 0 Å². The molecule has 0 saturated heterocycles. The Kier molecular flexibility index (Phi) is 3.57. The Balaban J connectivity index is 1.91. The average molecular weight is 335 g/mol. The largest absolute Gasteiger partial charge is 0.490 e. The van der Waals surface area contributed by atoms with E-state index in [2.05, 4.69) is 15.9 Å². The Bertz CT molecular complexity index is 665. The SMILES string of the molecule is O=C(c1cccc(OC2CC2)c1)c1cc(Br)ccc1F. The Morgan fingerprint density at radius 1 is 1.20 bits per heavy atom. The zero-order valence-electron chi connectivity index (χ0n) is 10.6. The Labute approximate surface area is 124 Å². The van der Waals surface area contributed by atoms with Gasteiger partial charge in [-0.3, -0.25) is 4.79 Å². The van der Waals surface area contributed by atoms with Gasteiger partial charge in [0.15, 0.2) is 5.78 Å². The predicted molar refractivity (Wildman–Crippen MR) is 77.6 cm³/mol. The van der Waals surface area contributed by atoms with E-state index in [1.165, 1.54) is 12.1 Å². The van der Waals surface area contributed by atoms with E-state index in [1.54, 1.807) is 24.3 Å². The molecule has 0 unspecified atom stereocenters. The molecule has 1 aliphatic carbocycles. The molecule has 0 N–H and O–H groups in total. The molecule has 0 aromatic heterocycles. The van der Waals surface area contributed by atoms with Crippen molar-refractivity contribution in [2.75, 3.05) is 0 Å². The molecule has 0 amide bonds. The average Bonchev–Trinajstić information content (AvgIpc) is 3.25. The molecule has 0 heterocycles. The summed E-state index contributed by atoms with van der Waals surface area (Å²) in [6, 6.07) is 11.2. The normalized spacial score (nSPS) is 14.1. The first-order valence-electron chi connectivity index (χ1n) is 6.40. The van der Waals surface area contributed by atoms with Gasteiger partial charge in [-0.05, 0) is 43.2 Å². The summed E-state index contributed by atoms with van der Waals surface area (Å²) in [6.45, 7) is 0. The predicted octanol–water partition coefficient (Wildman–Crippen LogP) is 4.36. The highest BCUT2D eigenvalue weighted by molar-refractivity contribution is 9.10. The van der Waals surface area contributed by atoms with Crippen LogP contribution in [0.1, 0.15) is 28.8 Å². The Morgan fingerprint density at radius 3 is 2.75 bits per heavy atom. The summed E-state index contributed by atoms with van der Waals surface area (Å²) < 4.78 is 20.1. The van der Waals surface area contributed by atoms with E-state index in [1.807, 2.05) is 6.07 Å². The smallest absolute Gasteiger partial charge is 0.196 e. The van der Waals surface area contributed by atoms with Gasteiger partial charge in [-0.25, -0.2) is 4.39 Å². The Morgan fingerprint density at radius 2 is 2.00 bits per heavy atom. The minimum absolute atomic E-state index is 0.0583. The number of rotatable bonds is 4. The molecule has 3 rings (SSSR count). The van der Waals surface area contributed by atoms with Crippen LogP contribution in [0.15, 0.2) is 46.9 Å². The number of carbonyl (C=O) groups excluding carboxylic acids is 1. The highest BCUT2D eigenvalue weighted by Gasteiger charge is 2.24.